The number of hydrogen-bond acceptors (Lipinski definition) is 8. The van der Waals surface area contributed by atoms with Gasteiger partial charge in [0.25, 0.3) is 11.5 Å². The molecular weight excluding hydrogens is 788 g/mol. The van der Waals surface area contributed by atoms with Crippen molar-refractivity contribution in [1.29, 1.82) is 0 Å². The monoisotopic (exact) mass is 840 g/mol. The molecule has 0 radical (unpaired) electrons. The summed E-state index contributed by atoms with van der Waals surface area (Å²) in [6, 6.07) is 17.0. The van der Waals surface area contributed by atoms with E-state index in [0.717, 1.165) is 99.8 Å². The first-order chi connectivity index (χ1) is 29.7. The summed E-state index contributed by atoms with van der Waals surface area (Å²) in [5, 5.41) is 3.39. The Morgan fingerprint density at radius 2 is 1.67 bits per heavy atom. The molecule has 2 aliphatic carbocycles. The Morgan fingerprint density at radius 3 is 2.46 bits per heavy atom. The first kappa shape index (κ1) is 38.1. The maximum Gasteiger partial charge on any atom is 0.282 e. The van der Waals surface area contributed by atoms with Gasteiger partial charge in [0.15, 0.2) is 0 Å². The summed E-state index contributed by atoms with van der Waals surface area (Å²) < 4.78 is 8.69. The standard InChI is InChI=1S/C49H53ClN6O5/c50-37-5-4-6-39-42(37)45(59)52-47-49(15-2-1-3-16-49)36-25-31(7-10-38(36)56(39)47)30-13-19-54(20-14-30)32-23-29(24-32)26-53-21-17-48(18-22-53)28-61-43-34-27-55(40-11-12-41(57)51-44(40)58)46(60)33(34)8-9-35(43)48/h4-10,25,29-30,32,40H,1-3,11-24,26-28H2,(H,51,57,58)/t29?,32?,40-/m0/s1. The van der Waals surface area contributed by atoms with Gasteiger partial charge < -0.3 is 19.4 Å². The first-order valence-corrected chi connectivity index (χ1v) is 23.3. The fraction of sp³-hybridized carbons (Fsp3) is 0.531. The van der Waals surface area contributed by atoms with E-state index in [0.29, 0.717) is 47.5 Å². The van der Waals surface area contributed by atoms with Crippen molar-refractivity contribution in [2.75, 3.05) is 39.3 Å². The number of piperidine rings is 3. The molecule has 1 atom stereocenters. The molecule has 6 aliphatic heterocycles. The number of halogens is 1. The summed E-state index contributed by atoms with van der Waals surface area (Å²) in [7, 11) is 0. The Bertz CT molecular complexity index is 2580. The van der Waals surface area contributed by atoms with Crippen LogP contribution in [0, 0.1) is 5.92 Å². The van der Waals surface area contributed by atoms with E-state index in [4.69, 9.17) is 21.3 Å². The normalized spacial score (nSPS) is 26.9. The summed E-state index contributed by atoms with van der Waals surface area (Å²) in [5.74, 6) is 2.25. The number of amides is 3. The maximum absolute atomic E-state index is 13.4. The smallest absolute Gasteiger partial charge is 0.282 e. The fourth-order valence-electron chi connectivity index (χ4n) is 13.1. The van der Waals surface area contributed by atoms with Crippen molar-refractivity contribution in [3.63, 3.8) is 0 Å². The lowest BCUT2D eigenvalue weighted by atomic mass is 9.69. The van der Waals surface area contributed by atoms with Crippen LogP contribution < -0.4 is 15.6 Å². The van der Waals surface area contributed by atoms with Crippen molar-refractivity contribution >= 4 is 40.2 Å². The highest BCUT2D eigenvalue weighted by atomic mass is 35.5. The van der Waals surface area contributed by atoms with Crippen LogP contribution >= 0.6 is 11.6 Å². The number of fused-ring (bicyclic) bond motifs is 11. The molecule has 12 heteroatoms. The van der Waals surface area contributed by atoms with E-state index in [-0.39, 0.29) is 40.5 Å². The van der Waals surface area contributed by atoms with Gasteiger partial charge in [0, 0.05) is 41.1 Å². The first-order valence-electron chi connectivity index (χ1n) is 23.0. The molecule has 3 amide bonds. The Kier molecular flexibility index (Phi) is 8.89. The number of carbonyl (C=O) groups excluding carboxylic acids is 3. The minimum absolute atomic E-state index is 0.0307. The lowest BCUT2D eigenvalue weighted by molar-refractivity contribution is -0.136. The Balaban J connectivity index is 0.663. The summed E-state index contributed by atoms with van der Waals surface area (Å²) >= 11 is 6.59. The highest BCUT2D eigenvalue weighted by molar-refractivity contribution is 6.35. The molecule has 0 bridgehead atoms. The fourth-order valence-corrected chi connectivity index (χ4v) is 13.4. The van der Waals surface area contributed by atoms with Gasteiger partial charge in [-0.05, 0) is 131 Å². The number of carbonyl (C=O) groups is 3. The van der Waals surface area contributed by atoms with Crippen LogP contribution in [0.4, 0.5) is 0 Å². The molecule has 2 spiro atoms. The molecule has 12 rings (SSSR count). The minimum atomic E-state index is -0.620. The topological polar surface area (TPSA) is 117 Å². The van der Waals surface area contributed by atoms with Crippen molar-refractivity contribution in [3.05, 3.63) is 97.5 Å². The third kappa shape index (κ3) is 5.85. The van der Waals surface area contributed by atoms with Gasteiger partial charge in [-0.1, -0.05) is 55.1 Å². The Morgan fingerprint density at radius 1 is 0.869 bits per heavy atom. The molecular formula is C49H53ClN6O5. The van der Waals surface area contributed by atoms with Crippen LogP contribution in [-0.2, 0) is 27.0 Å². The van der Waals surface area contributed by atoms with E-state index in [1.807, 2.05) is 18.2 Å². The second kappa shape index (κ2) is 14.2. The van der Waals surface area contributed by atoms with Gasteiger partial charge in [-0.2, -0.15) is 4.98 Å². The Labute approximate surface area is 360 Å². The predicted molar refractivity (Wildman–Crippen MR) is 232 cm³/mol. The summed E-state index contributed by atoms with van der Waals surface area (Å²) in [4.78, 5) is 63.1. The zero-order valence-corrected chi connectivity index (χ0v) is 35.5. The largest absolute Gasteiger partial charge is 0.492 e. The van der Waals surface area contributed by atoms with Crippen molar-refractivity contribution in [2.24, 2.45) is 5.92 Å². The second-order valence-corrected chi connectivity index (χ2v) is 20.1. The number of aromatic nitrogens is 2. The van der Waals surface area contributed by atoms with Crippen LogP contribution in [0.3, 0.4) is 0 Å². The van der Waals surface area contributed by atoms with E-state index in [1.165, 1.54) is 54.5 Å². The number of nitrogens with one attached hydrogen (secondary N) is 1. The average Bonchev–Trinajstić information content (AvgIpc) is 3.87. The van der Waals surface area contributed by atoms with Gasteiger partial charge >= 0.3 is 0 Å². The van der Waals surface area contributed by atoms with Crippen molar-refractivity contribution in [2.45, 2.75) is 119 Å². The van der Waals surface area contributed by atoms with Crippen LogP contribution in [0.15, 0.2) is 53.3 Å². The lowest BCUT2D eigenvalue weighted by Crippen LogP contribution is -2.52. The molecule has 5 fully saturated rings. The van der Waals surface area contributed by atoms with Gasteiger partial charge in [0.1, 0.15) is 17.6 Å². The van der Waals surface area contributed by atoms with Crippen molar-refractivity contribution < 1.29 is 19.1 Å². The lowest BCUT2D eigenvalue weighted by Gasteiger charge is -2.48. The number of imide groups is 1. The highest BCUT2D eigenvalue weighted by Gasteiger charge is 2.49. The number of hydrogen-bond donors (Lipinski definition) is 1. The molecule has 1 aromatic heterocycles. The summed E-state index contributed by atoms with van der Waals surface area (Å²) in [6.45, 7) is 6.57. The molecule has 4 aromatic rings. The minimum Gasteiger partial charge on any atom is -0.492 e. The Hall–Kier alpha value is -4.58. The number of rotatable bonds is 5. The molecule has 3 aromatic carbocycles. The molecule has 1 N–H and O–H groups in total. The number of nitrogens with zero attached hydrogens (tertiary/aromatic N) is 5. The van der Waals surface area contributed by atoms with E-state index < -0.39 is 6.04 Å². The van der Waals surface area contributed by atoms with E-state index >= 15 is 0 Å². The highest BCUT2D eigenvalue weighted by Crippen LogP contribution is 2.53. The third-order valence-corrected chi connectivity index (χ3v) is 16.9. The van der Waals surface area contributed by atoms with Crippen LogP contribution in [0.25, 0.3) is 16.6 Å². The molecule has 7 heterocycles. The SMILES string of the molecule is O=C1CC[C@H](N2Cc3c(ccc4c3OCC43CCN(CC4CC(N5CCC(c6ccc7c(c6)C6(CCCCC6)c6nc(=O)c8c(Cl)cccc8n6-7)CC5)C4)CC3)C2=O)C(=O)N1. The molecule has 2 saturated carbocycles. The molecule has 61 heavy (non-hydrogen) atoms. The quantitative estimate of drug-likeness (QED) is 0.220. The van der Waals surface area contributed by atoms with Crippen LogP contribution in [0.2, 0.25) is 5.02 Å². The van der Waals surface area contributed by atoms with Crippen molar-refractivity contribution in [3.8, 4) is 11.4 Å². The van der Waals surface area contributed by atoms with Crippen molar-refractivity contribution in [1.82, 2.24) is 29.6 Å². The van der Waals surface area contributed by atoms with Gasteiger partial charge in [-0.25, -0.2) is 0 Å². The van der Waals surface area contributed by atoms with E-state index in [1.54, 1.807) is 11.0 Å². The van der Waals surface area contributed by atoms with Gasteiger partial charge in [0.05, 0.1) is 40.2 Å². The molecule has 8 aliphatic rings. The predicted octanol–water partition coefficient (Wildman–Crippen LogP) is 6.75. The number of benzene rings is 3. The van der Waals surface area contributed by atoms with Gasteiger partial charge in [0.2, 0.25) is 11.8 Å². The van der Waals surface area contributed by atoms with Gasteiger partial charge in [-0.15, -0.1) is 0 Å². The molecule has 316 valence electrons. The maximum atomic E-state index is 13.4. The van der Waals surface area contributed by atoms with Crippen LogP contribution in [0.5, 0.6) is 5.75 Å². The number of ether oxygens (including phenoxy) is 1. The average molecular weight is 841 g/mol. The summed E-state index contributed by atoms with van der Waals surface area (Å²) in [5.41, 5.74) is 7.14. The van der Waals surface area contributed by atoms with Gasteiger partial charge in [-0.3, -0.25) is 29.1 Å². The van der Waals surface area contributed by atoms with E-state index in [2.05, 4.69) is 43.9 Å². The molecule has 11 nitrogen and oxygen atoms in total. The zero-order valence-electron chi connectivity index (χ0n) is 34.7. The van der Waals surface area contributed by atoms with Crippen LogP contribution in [-0.4, -0.2) is 93.4 Å². The summed E-state index contributed by atoms with van der Waals surface area (Å²) in [6.07, 6.45) is 13.2. The zero-order chi connectivity index (χ0) is 41.2. The van der Waals surface area contributed by atoms with E-state index in [9.17, 15) is 19.2 Å². The molecule has 3 saturated heterocycles. The van der Waals surface area contributed by atoms with Crippen LogP contribution in [0.1, 0.15) is 128 Å². The molecule has 0 unspecified atom stereocenters. The second-order valence-electron chi connectivity index (χ2n) is 19.7. The number of likely N-dealkylation sites (tertiary alicyclic amines) is 2. The third-order valence-electron chi connectivity index (χ3n) is 16.6.